The Morgan fingerprint density at radius 3 is 2.48 bits per heavy atom. The number of carbonyl (C=O) groups excluding carboxylic acids is 1. The van der Waals surface area contributed by atoms with Gasteiger partial charge < -0.3 is 10.4 Å². The molecule has 0 bridgehead atoms. The number of hydrogen-bond donors (Lipinski definition) is 2. The minimum atomic E-state index is -1.11. The number of halogens is 2. The summed E-state index contributed by atoms with van der Waals surface area (Å²) in [7, 11) is 0. The quantitative estimate of drug-likeness (QED) is 0.517. The molecular formula is C20H15BrFNO3S. The molecule has 0 radical (unpaired) electrons. The molecule has 4 nitrogen and oxygen atoms in total. The maximum absolute atomic E-state index is 13.6. The highest BCUT2D eigenvalue weighted by Gasteiger charge is 2.21. The first-order valence-corrected chi connectivity index (χ1v) is 9.77. The molecule has 0 spiro atoms. The number of amides is 1. The number of nitrogens with one attached hydrogen (secondary N) is 1. The molecule has 2 N–H and O–H groups in total. The highest BCUT2D eigenvalue weighted by Crippen LogP contribution is 2.36. The number of thiophene rings is 1. The summed E-state index contributed by atoms with van der Waals surface area (Å²) >= 11 is 4.60. The van der Waals surface area contributed by atoms with Gasteiger partial charge in [-0.05, 0) is 35.7 Å². The smallest absolute Gasteiger partial charge is 0.339 e. The van der Waals surface area contributed by atoms with Crippen LogP contribution in [0.2, 0.25) is 0 Å². The number of anilines is 1. The van der Waals surface area contributed by atoms with Crippen LogP contribution < -0.4 is 5.32 Å². The number of hydrogen-bond acceptors (Lipinski definition) is 3. The fraction of sp³-hybridized carbons (Fsp3) is 0.100. The van der Waals surface area contributed by atoms with Gasteiger partial charge in [0.05, 0.1) is 10.6 Å². The molecule has 7 heteroatoms. The third-order valence-electron chi connectivity index (χ3n) is 3.96. The van der Waals surface area contributed by atoms with Crippen LogP contribution in [-0.2, 0) is 11.2 Å². The van der Waals surface area contributed by atoms with Gasteiger partial charge in [0.15, 0.2) is 0 Å². The van der Waals surface area contributed by atoms with Crippen LogP contribution in [0, 0.1) is 5.82 Å². The monoisotopic (exact) mass is 447 g/mol. The fourth-order valence-electron chi connectivity index (χ4n) is 2.64. The van der Waals surface area contributed by atoms with Crippen molar-refractivity contribution in [2.75, 3.05) is 5.32 Å². The molecule has 0 unspecified atom stereocenters. The van der Waals surface area contributed by atoms with E-state index in [1.165, 1.54) is 17.4 Å². The molecule has 0 atom stereocenters. The first kappa shape index (κ1) is 19.3. The lowest BCUT2D eigenvalue weighted by Gasteiger charge is -2.07. The van der Waals surface area contributed by atoms with E-state index in [0.29, 0.717) is 10.4 Å². The van der Waals surface area contributed by atoms with Crippen molar-refractivity contribution in [2.45, 2.75) is 12.8 Å². The average molecular weight is 448 g/mol. The fourth-order valence-corrected chi connectivity index (χ4v) is 3.90. The molecule has 0 saturated carbocycles. The highest BCUT2D eigenvalue weighted by molar-refractivity contribution is 9.10. The Morgan fingerprint density at radius 1 is 1.11 bits per heavy atom. The Morgan fingerprint density at radius 2 is 1.81 bits per heavy atom. The van der Waals surface area contributed by atoms with E-state index in [-0.39, 0.29) is 35.8 Å². The van der Waals surface area contributed by atoms with Crippen molar-refractivity contribution >= 4 is 44.8 Å². The van der Waals surface area contributed by atoms with Crippen molar-refractivity contribution in [3.8, 4) is 10.4 Å². The SMILES string of the molecule is O=C(CCc1ccccc1F)Nc1csc(-c2ccc(Br)cc2)c1C(=O)O. The van der Waals surface area contributed by atoms with Crippen molar-refractivity contribution in [3.05, 3.63) is 75.3 Å². The average Bonchev–Trinajstić information content (AvgIpc) is 3.05. The third-order valence-corrected chi connectivity index (χ3v) is 5.52. The number of rotatable bonds is 6. The second kappa shape index (κ2) is 8.45. The third kappa shape index (κ3) is 4.61. The van der Waals surface area contributed by atoms with E-state index in [1.54, 1.807) is 23.6 Å². The minimum absolute atomic E-state index is 0.0570. The molecule has 3 aromatic rings. The molecule has 138 valence electrons. The minimum Gasteiger partial charge on any atom is -0.478 e. The first-order chi connectivity index (χ1) is 13.0. The first-order valence-electron chi connectivity index (χ1n) is 8.09. The lowest BCUT2D eigenvalue weighted by molar-refractivity contribution is -0.116. The van der Waals surface area contributed by atoms with Crippen LogP contribution in [0.25, 0.3) is 10.4 Å². The topological polar surface area (TPSA) is 66.4 Å². The van der Waals surface area contributed by atoms with Crippen LogP contribution in [0.4, 0.5) is 10.1 Å². The zero-order valence-corrected chi connectivity index (χ0v) is 16.4. The molecule has 0 aliphatic heterocycles. The van der Waals surface area contributed by atoms with E-state index < -0.39 is 5.97 Å². The molecule has 1 amide bonds. The van der Waals surface area contributed by atoms with Gasteiger partial charge in [0.2, 0.25) is 5.91 Å². The second-order valence-electron chi connectivity index (χ2n) is 5.81. The van der Waals surface area contributed by atoms with Crippen LogP contribution in [0.1, 0.15) is 22.3 Å². The largest absolute Gasteiger partial charge is 0.478 e. The van der Waals surface area contributed by atoms with Gasteiger partial charge in [-0.3, -0.25) is 4.79 Å². The van der Waals surface area contributed by atoms with Gasteiger partial charge in [0.1, 0.15) is 11.4 Å². The zero-order valence-electron chi connectivity index (χ0n) is 14.0. The normalized spacial score (nSPS) is 10.6. The van der Waals surface area contributed by atoms with Gasteiger partial charge in [-0.2, -0.15) is 0 Å². The van der Waals surface area contributed by atoms with Crippen LogP contribution in [0.15, 0.2) is 58.4 Å². The lowest BCUT2D eigenvalue weighted by Crippen LogP contribution is -2.14. The van der Waals surface area contributed by atoms with Crippen molar-refractivity contribution < 1.29 is 19.1 Å². The maximum Gasteiger partial charge on any atom is 0.339 e. The summed E-state index contributed by atoms with van der Waals surface area (Å²) in [6.45, 7) is 0. The second-order valence-corrected chi connectivity index (χ2v) is 7.60. The number of aryl methyl sites for hydroxylation is 1. The lowest BCUT2D eigenvalue weighted by atomic mass is 10.1. The molecule has 2 aromatic carbocycles. The number of benzene rings is 2. The molecular weight excluding hydrogens is 433 g/mol. The summed E-state index contributed by atoms with van der Waals surface area (Å²) < 4.78 is 14.5. The van der Waals surface area contributed by atoms with E-state index in [4.69, 9.17) is 0 Å². The molecule has 3 rings (SSSR count). The molecule has 0 fully saturated rings. The van der Waals surface area contributed by atoms with Crippen LogP contribution in [0.3, 0.4) is 0 Å². The molecule has 0 aliphatic carbocycles. The van der Waals surface area contributed by atoms with Gasteiger partial charge in [0.25, 0.3) is 0 Å². The molecule has 1 aromatic heterocycles. The summed E-state index contributed by atoms with van der Waals surface area (Å²) in [5.41, 5.74) is 1.52. The van der Waals surface area contributed by atoms with Gasteiger partial charge in [-0.15, -0.1) is 11.3 Å². The van der Waals surface area contributed by atoms with Gasteiger partial charge in [-0.1, -0.05) is 46.3 Å². The predicted molar refractivity (Wildman–Crippen MR) is 108 cm³/mol. The van der Waals surface area contributed by atoms with Crippen molar-refractivity contribution in [3.63, 3.8) is 0 Å². The van der Waals surface area contributed by atoms with Crippen molar-refractivity contribution in [2.24, 2.45) is 0 Å². The number of aromatic carboxylic acids is 1. The maximum atomic E-state index is 13.6. The Kier molecular flexibility index (Phi) is 6.03. The predicted octanol–water partition coefficient (Wildman–Crippen LogP) is 5.59. The van der Waals surface area contributed by atoms with Gasteiger partial charge >= 0.3 is 5.97 Å². The van der Waals surface area contributed by atoms with E-state index in [1.807, 2.05) is 24.3 Å². The summed E-state index contributed by atoms with van der Waals surface area (Å²) in [5, 5.41) is 13.9. The highest BCUT2D eigenvalue weighted by atomic mass is 79.9. The van der Waals surface area contributed by atoms with Crippen LogP contribution >= 0.6 is 27.3 Å². The number of carboxylic acid groups (broad SMARTS) is 1. The molecule has 0 saturated heterocycles. The Hall–Kier alpha value is -2.51. The standard InChI is InChI=1S/C20H15BrFNO3S/c21-14-8-5-13(6-9-14)19-18(20(25)26)16(11-27-19)23-17(24)10-7-12-3-1-2-4-15(12)22/h1-6,8-9,11H,7,10H2,(H,23,24)(H,25,26). The van der Waals surface area contributed by atoms with Gasteiger partial charge in [-0.25, -0.2) is 9.18 Å². The Labute approximate surface area is 167 Å². The molecule has 1 heterocycles. The van der Waals surface area contributed by atoms with E-state index >= 15 is 0 Å². The number of carboxylic acids is 1. The summed E-state index contributed by atoms with van der Waals surface area (Å²) in [4.78, 5) is 24.5. The van der Waals surface area contributed by atoms with Gasteiger partial charge in [0, 0.05) is 16.3 Å². The van der Waals surface area contributed by atoms with E-state index in [2.05, 4.69) is 21.2 Å². The van der Waals surface area contributed by atoms with Crippen LogP contribution in [-0.4, -0.2) is 17.0 Å². The van der Waals surface area contributed by atoms with Crippen molar-refractivity contribution in [1.29, 1.82) is 0 Å². The number of carbonyl (C=O) groups is 2. The molecule has 0 aliphatic rings. The Balaban J connectivity index is 1.76. The van der Waals surface area contributed by atoms with E-state index in [9.17, 15) is 19.1 Å². The summed E-state index contributed by atoms with van der Waals surface area (Å²) in [6.07, 6.45) is 0.300. The van der Waals surface area contributed by atoms with E-state index in [0.717, 1.165) is 10.0 Å². The zero-order chi connectivity index (χ0) is 19.4. The summed E-state index contributed by atoms with van der Waals surface area (Å²) in [6, 6.07) is 13.6. The summed E-state index contributed by atoms with van der Waals surface area (Å²) in [5.74, 6) is -1.83. The van der Waals surface area contributed by atoms with Crippen LogP contribution in [0.5, 0.6) is 0 Å². The Bertz CT molecular complexity index is 985. The molecule has 27 heavy (non-hydrogen) atoms. The van der Waals surface area contributed by atoms with Crippen molar-refractivity contribution in [1.82, 2.24) is 0 Å².